The molecule has 4 rings (SSSR count). The van der Waals surface area contributed by atoms with Gasteiger partial charge in [-0.25, -0.2) is 4.98 Å². The van der Waals surface area contributed by atoms with E-state index in [1.165, 1.54) is 6.07 Å². The zero-order valence-corrected chi connectivity index (χ0v) is 20.4. The summed E-state index contributed by atoms with van der Waals surface area (Å²) in [5, 5.41) is 11.4. The van der Waals surface area contributed by atoms with Gasteiger partial charge < -0.3 is 9.47 Å². The Labute approximate surface area is 209 Å². The number of unbranched alkanes of at least 4 members (excludes halogenated alkanes) is 2. The first-order valence-electron chi connectivity index (χ1n) is 12.1. The van der Waals surface area contributed by atoms with E-state index >= 15 is 0 Å². The van der Waals surface area contributed by atoms with E-state index in [0.29, 0.717) is 30.3 Å². The van der Waals surface area contributed by atoms with Gasteiger partial charge in [0.1, 0.15) is 11.6 Å². The second-order valence-electron chi connectivity index (χ2n) is 8.76. The standard InChI is InChI=1S/C28H29N3O5/c1-20(2)36-27(32)14-7-4-8-17-35-24-15-16-25-26(19-24)30(22-12-9-13-23(18-22)31(33)34)28(29-25)21-10-5-3-6-11-21/h3,5-6,9-13,15-16,18-20H,4,7-8,14,17H2,1-2H3. The molecule has 1 aromatic heterocycles. The van der Waals surface area contributed by atoms with Crippen LogP contribution in [0.3, 0.4) is 0 Å². The number of aromatic nitrogens is 2. The number of ether oxygens (including phenoxy) is 2. The molecule has 0 amide bonds. The first-order valence-corrected chi connectivity index (χ1v) is 12.1. The lowest BCUT2D eigenvalue weighted by atomic mass is 10.2. The molecule has 0 spiro atoms. The lowest BCUT2D eigenvalue weighted by Crippen LogP contribution is -2.11. The Morgan fingerprint density at radius 1 is 1.00 bits per heavy atom. The summed E-state index contributed by atoms with van der Waals surface area (Å²) in [6.45, 7) is 4.20. The smallest absolute Gasteiger partial charge is 0.306 e. The molecule has 0 saturated carbocycles. The number of nitrogens with zero attached hydrogens (tertiary/aromatic N) is 3. The van der Waals surface area contributed by atoms with Crippen LogP contribution in [0.5, 0.6) is 5.75 Å². The summed E-state index contributed by atoms with van der Waals surface area (Å²) in [5.74, 6) is 1.21. The SMILES string of the molecule is CC(C)OC(=O)CCCCCOc1ccc2nc(-c3ccccc3)n(-c3cccc([N+](=O)[O-])c3)c2c1. The number of nitro benzene ring substituents is 1. The summed E-state index contributed by atoms with van der Waals surface area (Å²) in [6.07, 6.45) is 2.75. The van der Waals surface area contributed by atoms with E-state index < -0.39 is 4.92 Å². The van der Waals surface area contributed by atoms with Crippen molar-refractivity contribution in [1.29, 1.82) is 0 Å². The summed E-state index contributed by atoms with van der Waals surface area (Å²) in [5.41, 5.74) is 3.12. The van der Waals surface area contributed by atoms with Gasteiger partial charge in [-0.05, 0) is 51.3 Å². The largest absolute Gasteiger partial charge is 0.494 e. The number of carbonyl (C=O) groups excluding carboxylic acids is 1. The molecule has 0 saturated heterocycles. The predicted octanol–water partition coefficient (Wildman–Crippen LogP) is 6.49. The Balaban J connectivity index is 1.55. The predicted molar refractivity (Wildman–Crippen MR) is 138 cm³/mol. The van der Waals surface area contributed by atoms with Crippen molar-refractivity contribution in [2.75, 3.05) is 6.61 Å². The number of hydrogen-bond acceptors (Lipinski definition) is 6. The van der Waals surface area contributed by atoms with Gasteiger partial charge in [0.25, 0.3) is 5.69 Å². The highest BCUT2D eigenvalue weighted by molar-refractivity contribution is 5.84. The number of fused-ring (bicyclic) bond motifs is 1. The Hall–Kier alpha value is -4.20. The third-order valence-corrected chi connectivity index (χ3v) is 5.62. The molecule has 8 nitrogen and oxygen atoms in total. The Bertz CT molecular complexity index is 1350. The molecular formula is C28H29N3O5. The van der Waals surface area contributed by atoms with E-state index in [9.17, 15) is 14.9 Å². The van der Waals surface area contributed by atoms with Crippen molar-refractivity contribution in [2.45, 2.75) is 45.6 Å². The number of nitro groups is 1. The van der Waals surface area contributed by atoms with E-state index in [2.05, 4.69) is 0 Å². The van der Waals surface area contributed by atoms with Gasteiger partial charge in [0.05, 0.1) is 34.4 Å². The molecule has 3 aromatic carbocycles. The normalized spacial score (nSPS) is 11.1. The van der Waals surface area contributed by atoms with Crippen molar-refractivity contribution in [3.05, 3.63) is 82.9 Å². The fraction of sp³-hybridized carbons (Fsp3) is 0.286. The number of imidazole rings is 1. The van der Waals surface area contributed by atoms with Gasteiger partial charge in [0.2, 0.25) is 0 Å². The molecule has 1 heterocycles. The molecule has 0 bridgehead atoms. The van der Waals surface area contributed by atoms with Crippen LogP contribution in [-0.2, 0) is 9.53 Å². The lowest BCUT2D eigenvalue weighted by Gasteiger charge is -2.11. The van der Waals surface area contributed by atoms with Gasteiger partial charge in [-0.3, -0.25) is 19.5 Å². The Kier molecular flexibility index (Phi) is 7.95. The lowest BCUT2D eigenvalue weighted by molar-refractivity contribution is -0.384. The number of rotatable bonds is 11. The zero-order chi connectivity index (χ0) is 25.5. The highest BCUT2D eigenvalue weighted by Crippen LogP contribution is 2.32. The first kappa shape index (κ1) is 24.9. The quantitative estimate of drug-likeness (QED) is 0.104. The molecule has 0 fully saturated rings. The monoisotopic (exact) mass is 487 g/mol. The Morgan fingerprint density at radius 3 is 2.56 bits per heavy atom. The average molecular weight is 488 g/mol. The van der Waals surface area contributed by atoms with Crippen LogP contribution < -0.4 is 4.74 Å². The maximum absolute atomic E-state index is 11.6. The number of benzene rings is 3. The van der Waals surface area contributed by atoms with Gasteiger partial charge in [-0.2, -0.15) is 0 Å². The van der Waals surface area contributed by atoms with Crippen LogP contribution in [0, 0.1) is 10.1 Å². The topological polar surface area (TPSA) is 96.5 Å². The first-order chi connectivity index (χ1) is 17.4. The number of non-ortho nitro benzene ring substituents is 1. The van der Waals surface area contributed by atoms with Crippen molar-refractivity contribution in [2.24, 2.45) is 0 Å². The van der Waals surface area contributed by atoms with Crippen LogP contribution in [0.25, 0.3) is 28.1 Å². The average Bonchev–Trinajstić information content (AvgIpc) is 3.25. The summed E-state index contributed by atoms with van der Waals surface area (Å²) >= 11 is 0. The Morgan fingerprint density at radius 2 is 1.81 bits per heavy atom. The number of carbonyl (C=O) groups is 1. The molecule has 0 aliphatic heterocycles. The van der Waals surface area contributed by atoms with E-state index in [1.807, 2.05) is 73.0 Å². The maximum Gasteiger partial charge on any atom is 0.306 e. The van der Waals surface area contributed by atoms with E-state index in [4.69, 9.17) is 14.5 Å². The number of esters is 1. The minimum Gasteiger partial charge on any atom is -0.494 e. The van der Waals surface area contributed by atoms with Gasteiger partial charge in [0, 0.05) is 30.2 Å². The molecular weight excluding hydrogens is 458 g/mol. The third kappa shape index (κ3) is 6.07. The van der Waals surface area contributed by atoms with E-state index in [1.54, 1.807) is 12.1 Å². The van der Waals surface area contributed by atoms with Crippen molar-refractivity contribution in [3.63, 3.8) is 0 Å². The van der Waals surface area contributed by atoms with Crippen LogP contribution in [0.1, 0.15) is 39.5 Å². The molecule has 0 N–H and O–H groups in total. The minimum absolute atomic E-state index is 0.0121. The minimum atomic E-state index is -0.401. The highest BCUT2D eigenvalue weighted by atomic mass is 16.6. The van der Waals surface area contributed by atoms with E-state index in [0.717, 1.165) is 35.9 Å². The number of hydrogen-bond donors (Lipinski definition) is 0. The molecule has 0 aliphatic carbocycles. The summed E-state index contributed by atoms with van der Waals surface area (Å²) in [7, 11) is 0. The molecule has 8 heteroatoms. The second kappa shape index (κ2) is 11.5. The highest BCUT2D eigenvalue weighted by Gasteiger charge is 2.17. The van der Waals surface area contributed by atoms with Crippen molar-refractivity contribution in [3.8, 4) is 22.8 Å². The van der Waals surface area contributed by atoms with Gasteiger partial charge >= 0.3 is 5.97 Å². The van der Waals surface area contributed by atoms with Crippen molar-refractivity contribution in [1.82, 2.24) is 9.55 Å². The maximum atomic E-state index is 11.6. The van der Waals surface area contributed by atoms with Gasteiger partial charge in [-0.1, -0.05) is 36.4 Å². The third-order valence-electron chi connectivity index (χ3n) is 5.62. The van der Waals surface area contributed by atoms with Crippen molar-refractivity contribution >= 4 is 22.7 Å². The molecule has 0 unspecified atom stereocenters. The van der Waals surface area contributed by atoms with Crippen molar-refractivity contribution < 1.29 is 19.2 Å². The van der Waals surface area contributed by atoms with Gasteiger partial charge in [0.15, 0.2) is 0 Å². The molecule has 0 aliphatic rings. The summed E-state index contributed by atoms with van der Waals surface area (Å²) in [6, 6.07) is 21.9. The molecule has 4 aromatic rings. The van der Waals surface area contributed by atoms with Crippen LogP contribution >= 0.6 is 0 Å². The summed E-state index contributed by atoms with van der Waals surface area (Å²) < 4.78 is 13.1. The fourth-order valence-corrected chi connectivity index (χ4v) is 3.99. The molecule has 0 radical (unpaired) electrons. The van der Waals surface area contributed by atoms with Crippen LogP contribution in [0.2, 0.25) is 0 Å². The van der Waals surface area contributed by atoms with Crippen LogP contribution in [0.4, 0.5) is 5.69 Å². The summed E-state index contributed by atoms with van der Waals surface area (Å²) in [4.78, 5) is 27.5. The fourth-order valence-electron chi connectivity index (χ4n) is 3.99. The molecule has 36 heavy (non-hydrogen) atoms. The molecule has 186 valence electrons. The van der Waals surface area contributed by atoms with E-state index in [-0.39, 0.29) is 17.8 Å². The molecule has 0 atom stereocenters. The van der Waals surface area contributed by atoms with Crippen LogP contribution in [0.15, 0.2) is 72.8 Å². The van der Waals surface area contributed by atoms with Gasteiger partial charge in [-0.15, -0.1) is 0 Å². The zero-order valence-electron chi connectivity index (χ0n) is 20.4. The second-order valence-corrected chi connectivity index (χ2v) is 8.76. The van der Waals surface area contributed by atoms with Crippen LogP contribution in [-0.4, -0.2) is 33.2 Å².